The second-order valence-corrected chi connectivity index (χ2v) is 9.14. The average Bonchev–Trinajstić information content (AvgIpc) is 3.15. The van der Waals surface area contributed by atoms with E-state index in [4.69, 9.17) is 44.3 Å². The van der Waals surface area contributed by atoms with Crippen LogP contribution in [0.25, 0.3) is 12.2 Å². The molecular formula is C25H13BrCl3NO4. The molecule has 0 N–H and O–H groups in total. The van der Waals surface area contributed by atoms with Gasteiger partial charge in [0.25, 0.3) is 0 Å². The molecule has 0 radical (unpaired) electrons. The van der Waals surface area contributed by atoms with Gasteiger partial charge in [-0.1, -0.05) is 62.9 Å². The van der Waals surface area contributed by atoms with Crippen molar-refractivity contribution in [3.8, 4) is 5.75 Å². The number of cyclic esters (lactones) is 1. The number of aliphatic imine (C=N–C) groups is 1. The van der Waals surface area contributed by atoms with Crippen LogP contribution in [-0.4, -0.2) is 17.8 Å². The van der Waals surface area contributed by atoms with Crippen molar-refractivity contribution in [2.45, 2.75) is 0 Å². The predicted octanol–water partition coefficient (Wildman–Crippen LogP) is 7.37. The molecule has 1 heterocycles. The minimum Gasteiger partial charge on any atom is -0.423 e. The van der Waals surface area contributed by atoms with Crippen LogP contribution in [0.1, 0.15) is 16.7 Å². The minimum absolute atomic E-state index is 0.0214. The Bertz CT molecular complexity index is 1380. The summed E-state index contributed by atoms with van der Waals surface area (Å²) in [6.07, 6.45) is 4.37. The molecule has 4 rings (SSSR count). The molecule has 3 aromatic carbocycles. The molecular weight excluding hydrogens is 565 g/mol. The lowest BCUT2D eigenvalue weighted by molar-refractivity contribution is -0.130. The summed E-state index contributed by atoms with van der Waals surface area (Å²) in [6.45, 7) is 0. The number of esters is 2. The van der Waals surface area contributed by atoms with Crippen molar-refractivity contribution in [2.24, 2.45) is 4.99 Å². The zero-order chi connectivity index (χ0) is 24.2. The Hall–Kier alpha value is -2.90. The van der Waals surface area contributed by atoms with Crippen LogP contribution in [0.4, 0.5) is 0 Å². The van der Waals surface area contributed by atoms with Crippen LogP contribution in [0.3, 0.4) is 0 Å². The second-order valence-electron chi connectivity index (χ2n) is 6.95. The molecule has 0 aromatic heterocycles. The van der Waals surface area contributed by atoms with Gasteiger partial charge in [-0.2, -0.15) is 0 Å². The van der Waals surface area contributed by atoms with Gasteiger partial charge in [0.05, 0.1) is 10.6 Å². The SMILES string of the molecule is O=C(/C=C/c1ccc(Cl)cc1)Oc1ccc(Br)cc1/C=C1\N=C(c2ccc(Cl)cc2Cl)OC1=O. The average molecular weight is 578 g/mol. The highest BCUT2D eigenvalue weighted by molar-refractivity contribution is 9.10. The van der Waals surface area contributed by atoms with Gasteiger partial charge in [0.15, 0.2) is 5.70 Å². The van der Waals surface area contributed by atoms with E-state index < -0.39 is 11.9 Å². The van der Waals surface area contributed by atoms with Gasteiger partial charge in [-0.25, -0.2) is 14.6 Å². The molecule has 0 fully saturated rings. The van der Waals surface area contributed by atoms with Crippen molar-refractivity contribution in [1.29, 1.82) is 0 Å². The number of rotatable bonds is 5. The van der Waals surface area contributed by atoms with Crippen molar-refractivity contribution < 1.29 is 19.1 Å². The first-order chi connectivity index (χ1) is 16.3. The van der Waals surface area contributed by atoms with E-state index in [2.05, 4.69) is 20.9 Å². The molecule has 0 amide bonds. The van der Waals surface area contributed by atoms with E-state index in [9.17, 15) is 9.59 Å². The number of hydrogen-bond donors (Lipinski definition) is 0. The van der Waals surface area contributed by atoms with Crippen LogP contribution in [0, 0.1) is 0 Å². The Morgan fingerprint density at radius 2 is 1.71 bits per heavy atom. The lowest BCUT2D eigenvalue weighted by atomic mass is 10.1. The number of ether oxygens (including phenoxy) is 2. The van der Waals surface area contributed by atoms with Crippen LogP contribution in [0.15, 0.2) is 81.9 Å². The lowest BCUT2D eigenvalue weighted by Gasteiger charge is -2.06. The summed E-state index contributed by atoms with van der Waals surface area (Å²) < 4.78 is 11.5. The summed E-state index contributed by atoms with van der Waals surface area (Å²) in [5.41, 5.74) is 1.68. The number of carbonyl (C=O) groups is 2. The summed E-state index contributed by atoms with van der Waals surface area (Å²) in [5.74, 6) is -0.969. The lowest BCUT2D eigenvalue weighted by Crippen LogP contribution is -2.06. The first kappa shape index (κ1) is 24.2. The highest BCUT2D eigenvalue weighted by atomic mass is 79.9. The van der Waals surface area contributed by atoms with Crippen LogP contribution < -0.4 is 4.74 Å². The molecule has 170 valence electrons. The van der Waals surface area contributed by atoms with E-state index in [0.717, 1.165) is 5.56 Å². The highest BCUT2D eigenvalue weighted by Gasteiger charge is 2.26. The largest absolute Gasteiger partial charge is 0.423 e. The summed E-state index contributed by atoms with van der Waals surface area (Å²) >= 11 is 21.4. The number of benzene rings is 3. The van der Waals surface area contributed by atoms with Crippen LogP contribution in [0.5, 0.6) is 5.75 Å². The Labute approximate surface area is 218 Å². The zero-order valence-electron chi connectivity index (χ0n) is 17.1. The maximum Gasteiger partial charge on any atom is 0.363 e. The molecule has 0 bridgehead atoms. The molecule has 0 aliphatic carbocycles. The zero-order valence-corrected chi connectivity index (χ0v) is 21.0. The predicted molar refractivity (Wildman–Crippen MR) is 137 cm³/mol. The molecule has 34 heavy (non-hydrogen) atoms. The van der Waals surface area contributed by atoms with E-state index in [-0.39, 0.29) is 17.3 Å². The summed E-state index contributed by atoms with van der Waals surface area (Å²) in [4.78, 5) is 29.1. The maximum absolute atomic E-state index is 12.4. The maximum atomic E-state index is 12.4. The monoisotopic (exact) mass is 575 g/mol. The third kappa shape index (κ3) is 5.96. The standard InChI is InChI=1S/C25H13BrCl3NO4/c26-16-4-9-22(33-23(31)10-3-14-1-5-17(27)6-2-14)15(11-16)12-21-25(32)34-24(30-21)19-8-7-18(28)13-20(19)29/h1-13H/b10-3+,21-12-. The molecule has 3 aromatic rings. The number of carbonyl (C=O) groups excluding carboxylic acids is 2. The van der Waals surface area contributed by atoms with E-state index in [1.807, 2.05) is 0 Å². The van der Waals surface area contributed by atoms with Crippen molar-refractivity contribution in [3.05, 3.63) is 109 Å². The molecule has 0 spiro atoms. The van der Waals surface area contributed by atoms with Gasteiger partial charge in [0, 0.05) is 26.2 Å². The van der Waals surface area contributed by atoms with Gasteiger partial charge in [-0.15, -0.1) is 0 Å². The van der Waals surface area contributed by atoms with Gasteiger partial charge < -0.3 is 9.47 Å². The Morgan fingerprint density at radius 3 is 2.44 bits per heavy atom. The summed E-state index contributed by atoms with van der Waals surface area (Å²) in [7, 11) is 0. The van der Waals surface area contributed by atoms with Crippen LogP contribution in [-0.2, 0) is 14.3 Å². The third-order valence-electron chi connectivity index (χ3n) is 4.54. The second kappa shape index (κ2) is 10.6. The van der Waals surface area contributed by atoms with E-state index in [1.165, 1.54) is 18.2 Å². The van der Waals surface area contributed by atoms with E-state index in [1.54, 1.807) is 60.7 Å². The Kier molecular flexibility index (Phi) is 7.54. The smallest absolute Gasteiger partial charge is 0.363 e. The normalized spacial score (nSPS) is 14.4. The molecule has 9 heteroatoms. The number of nitrogens with zero attached hydrogens (tertiary/aromatic N) is 1. The molecule has 1 aliphatic rings. The number of hydrogen-bond acceptors (Lipinski definition) is 5. The van der Waals surface area contributed by atoms with Crippen molar-refractivity contribution in [2.75, 3.05) is 0 Å². The van der Waals surface area contributed by atoms with Crippen molar-refractivity contribution in [3.63, 3.8) is 0 Å². The number of halogens is 4. The molecule has 0 saturated carbocycles. The topological polar surface area (TPSA) is 65.0 Å². The van der Waals surface area contributed by atoms with E-state index >= 15 is 0 Å². The fraction of sp³-hybridized carbons (Fsp3) is 0. The minimum atomic E-state index is -0.666. The van der Waals surface area contributed by atoms with Gasteiger partial charge in [0.1, 0.15) is 5.75 Å². The van der Waals surface area contributed by atoms with Gasteiger partial charge in [-0.3, -0.25) is 0 Å². The van der Waals surface area contributed by atoms with Crippen LogP contribution >= 0.6 is 50.7 Å². The Morgan fingerprint density at radius 1 is 0.971 bits per heavy atom. The van der Waals surface area contributed by atoms with Crippen molar-refractivity contribution in [1.82, 2.24) is 0 Å². The Balaban J connectivity index is 1.59. The third-order valence-corrected chi connectivity index (χ3v) is 5.83. The fourth-order valence-corrected chi connectivity index (χ4v) is 3.93. The van der Waals surface area contributed by atoms with Gasteiger partial charge in [-0.05, 0) is 66.2 Å². The molecule has 5 nitrogen and oxygen atoms in total. The first-order valence-electron chi connectivity index (χ1n) is 9.71. The summed E-state index contributed by atoms with van der Waals surface area (Å²) in [6, 6.07) is 16.7. The fourth-order valence-electron chi connectivity index (χ4n) is 2.94. The highest BCUT2D eigenvalue weighted by Crippen LogP contribution is 2.30. The molecule has 0 saturated heterocycles. The first-order valence-corrected chi connectivity index (χ1v) is 11.6. The molecule has 1 aliphatic heterocycles. The van der Waals surface area contributed by atoms with Gasteiger partial charge in [0.2, 0.25) is 5.90 Å². The van der Waals surface area contributed by atoms with Crippen molar-refractivity contribution >= 4 is 80.7 Å². The molecule has 0 atom stereocenters. The summed E-state index contributed by atoms with van der Waals surface area (Å²) in [5, 5.41) is 1.34. The van der Waals surface area contributed by atoms with Crippen LogP contribution in [0.2, 0.25) is 15.1 Å². The quantitative estimate of drug-likeness (QED) is 0.180. The van der Waals surface area contributed by atoms with E-state index in [0.29, 0.717) is 30.7 Å². The van der Waals surface area contributed by atoms with Gasteiger partial charge >= 0.3 is 11.9 Å². The molecule has 0 unspecified atom stereocenters.